The minimum atomic E-state index is -0.988. The molecular weight excluding hydrogens is 569 g/mol. The van der Waals surface area contributed by atoms with E-state index in [9.17, 15) is 18.8 Å². The number of hydrogen-bond acceptors (Lipinski definition) is 4. The number of nitrogens with one attached hydrogen (secondary N) is 1. The van der Waals surface area contributed by atoms with Gasteiger partial charge < -0.3 is 15.3 Å². The lowest BCUT2D eigenvalue weighted by molar-refractivity contribution is -0.137. The molecule has 1 saturated carbocycles. The van der Waals surface area contributed by atoms with Crippen LogP contribution in [0, 0.1) is 30.1 Å². The van der Waals surface area contributed by atoms with Crippen LogP contribution in [0.2, 0.25) is 0 Å². The fourth-order valence-corrected chi connectivity index (χ4v) is 6.18. The number of benzene rings is 1. The molecule has 2 amide bonds. The summed E-state index contributed by atoms with van der Waals surface area (Å²) >= 11 is 6.03. The van der Waals surface area contributed by atoms with Crippen LogP contribution in [0.15, 0.2) is 52.8 Å². The Kier molecular flexibility index (Phi) is 12.1. The highest BCUT2D eigenvalue weighted by atomic mass is 35.5. The molecule has 43 heavy (non-hydrogen) atoms. The molecule has 1 atom stereocenters. The Labute approximate surface area is 259 Å². The normalized spacial score (nSPS) is 21.7. The van der Waals surface area contributed by atoms with Crippen LogP contribution < -0.4 is 5.32 Å². The van der Waals surface area contributed by atoms with Gasteiger partial charge in [0.2, 0.25) is 0 Å². The number of terminal acetylenes is 1. The van der Waals surface area contributed by atoms with E-state index >= 15 is 0 Å². The van der Waals surface area contributed by atoms with Crippen molar-refractivity contribution in [1.82, 2.24) is 10.2 Å². The van der Waals surface area contributed by atoms with Crippen molar-refractivity contribution < 1.29 is 23.9 Å². The van der Waals surface area contributed by atoms with Crippen molar-refractivity contribution in [3.8, 4) is 12.3 Å². The van der Waals surface area contributed by atoms with Crippen LogP contribution in [0.4, 0.5) is 4.39 Å². The number of carbonyl (C=O) groups is 3. The van der Waals surface area contributed by atoms with E-state index < -0.39 is 17.5 Å². The molecule has 1 spiro atoms. The minimum absolute atomic E-state index is 0.0298. The number of nitrogens with zero attached hydrogens (tertiary/aromatic N) is 2. The Balaban J connectivity index is 2.05. The average Bonchev–Trinajstić information content (AvgIpc) is 3.24. The van der Waals surface area contributed by atoms with E-state index in [-0.39, 0.29) is 48.0 Å². The summed E-state index contributed by atoms with van der Waals surface area (Å²) in [6.45, 7) is 8.73. The molecule has 9 heteroatoms. The topological polar surface area (TPSA) is 99.1 Å². The van der Waals surface area contributed by atoms with Crippen molar-refractivity contribution in [1.29, 1.82) is 0 Å². The summed E-state index contributed by atoms with van der Waals surface area (Å²) in [6.07, 6.45) is 12.5. The molecule has 3 rings (SSSR count). The molecule has 2 aliphatic rings. The highest BCUT2D eigenvalue weighted by Gasteiger charge is 2.52. The van der Waals surface area contributed by atoms with Crippen LogP contribution in [-0.2, 0) is 9.59 Å². The zero-order valence-electron chi connectivity index (χ0n) is 25.5. The molecule has 1 aliphatic carbocycles. The molecular formula is C34H43ClFN3O4. The fraction of sp³-hybridized carbons (Fsp3) is 0.529. The molecule has 1 fully saturated rings. The van der Waals surface area contributed by atoms with Crippen molar-refractivity contribution >= 4 is 35.1 Å². The summed E-state index contributed by atoms with van der Waals surface area (Å²) in [7, 11) is 0. The number of hydrogen-bond donors (Lipinski definition) is 2. The summed E-state index contributed by atoms with van der Waals surface area (Å²) < 4.78 is 14.3. The summed E-state index contributed by atoms with van der Waals surface area (Å²) in [4.78, 5) is 44.8. The number of aliphatic imine (C=N–C) groups is 1. The monoisotopic (exact) mass is 611 g/mol. The van der Waals surface area contributed by atoms with Gasteiger partial charge >= 0.3 is 5.97 Å². The standard InChI is InChI=1S/C34H43ClFN3O4/c1-6-28(36)21-27(15-19-35)31-33(43)39(34(38-31)17-13-24(14-18-34)23(4)5)29(12-7-22(2)3)25-8-10-26(11-9-25)32(42)37-20-16-30(40)41/h1,8-11,15,21-24,29H,7,12-14,16-20H2,2-5H3,(H,37,42)(H,40,41)/b27-15+,28-21+. The molecule has 1 unspecified atom stereocenters. The van der Waals surface area contributed by atoms with E-state index in [1.54, 1.807) is 18.2 Å². The maximum absolute atomic E-state index is 14.4. The molecule has 232 valence electrons. The molecule has 1 heterocycles. The molecule has 1 aromatic carbocycles. The summed E-state index contributed by atoms with van der Waals surface area (Å²) in [6, 6.07) is 6.76. The second-order valence-electron chi connectivity index (χ2n) is 12.2. The Morgan fingerprint density at radius 3 is 2.40 bits per heavy atom. The third-order valence-electron chi connectivity index (χ3n) is 8.47. The number of aliphatic carboxylic acids is 1. The molecule has 1 aliphatic heterocycles. The lowest BCUT2D eigenvalue weighted by atomic mass is 9.75. The lowest BCUT2D eigenvalue weighted by Gasteiger charge is -2.46. The minimum Gasteiger partial charge on any atom is -0.481 e. The first-order valence-electron chi connectivity index (χ1n) is 15.1. The van der Waals surface area contributed by atoms with Crippen molar-refractivity contribution in [2.24, 2.45) is 22.7 Å². The Bertz CT molecular complexity index is 1300. The number of carbonyl (C=O) groups excluding carboxylic acids is 2. The second kappa shape index (κ2) is 15.3. The molecule has 2 N–H and O–H groups in total. The van der Waals surface area contributed by atoms with Crippen molar-refractivity contribution in [3.63, 3.8) is 0 Å². The number of allylic oxidation sites excluding steroid dienone is 3. The third kappa shape index (κ3) is 8.57. The zero-order chi connectivity index (χ0) is 31.7. The third-order valence-corrected chi connectivity index (χ3v) is 8.62. The largest absolute Gasteiger partial charge is 0.481 e. The van der Waals surface area contributed by atoms with Gasteiger partial charge in [-0.3, -0.25) is 19.4 Å². The van der Waals surface area contributed by atoms with E-state index in [4.69, 9.17) is 28.1 Å². The van der Waals surface area contributed by atoms with E-state index in [1.807, 2.05) is 23.0 Å². The molecule has 0 radical (unpaired) electrons. The van der Waals surface area contributed by atoms with Crippen molar-refractivity contribution in [3.05, 3.63) is 58.9 Å². The molecule has 0 saturated heterocycles. The van der Waals surface area contributed by atoms with Crippen molar-refractivity contribution in [2.45, 2.75) is 84.3 Å². The van der Waals surface area contributed by atoms with Crippen LogP contribution in [0.25, 0.3) is 0 Å². The second-order valence-corrected chi connectivity index (χ2v) is 12.5. The van der Waals surface area contributed by atoms with E-state index in [1.165, 1.54) is 0 Å². The lowest BCUT2D eigenvalue weighted by Crippen LogP contribution is -2.51. The number of alkyl halides is 1. The number of halogens is 2. The van der Waals surface area contributed by atoms with Crippen molar-refractivity contribution in [2.75, 3.05) is 12.4 Å². The smallest absolute Gasteiger partial charge is 0.305 e. The Morgan fingerprint density at radius 1 is 1.21 bits per heavy atom. The number of amides is 2. The van der Waals surface area contributed by atoms with E-state index in [0.717, 1.165) is 30.9 Å². The van der Waals surface area contributed by atoms with Gasteiger partial charge in [-0.2, -0.15) is 4.39 Å². The Morgan fingerprint density at radius 2 is 1.86 bits per heavy atom. The van der Waals surface area contributed by atoms with Gasteiger partial charge in [0.1, 0.15) is 11.4 Å². The van der Waals surface area contributed by atoms with Gasteiger partial charge in [-0.05, 0) is 86.0 Å². The molecule has 0 bridgehead atoms. The summed E-state index contributed by atoms with van der Waals surface area (Å²) in [5.41, 5.74) is 0.914. The van der Waals surface area contributed by atoms with Gasteiger partial charge in [0.05, 0.1) is 12.5 Å². The molecule has 0 aromatic heterocycles. The van der Waals surface area contributed by atoms with Gasteiger partial charge in [-0.1, -0.05) is 45.9 Å². The highest BCUT2D eigenvalue weighted by Crippen LogP contribution is 2.48. The van der Waals surface area contributed by atoms with E-state index in [2.05, 4.69) is 33.0 Å². The quantitative estimate of drug-likeness (QED) is 0.145. The summed E-state index contributed by atoms with van der Waals surface area (Å²) in [5.74, 6) is 1.000. The first kappa shape index (κ1) is 34.1. The first-order valence-corrected chi connectivity index (χ1v) is 15.6. The maximum Gasteiger partial charge on any atom is 0.305 e. The van der Waals surface area contributed by atoms with Gasteiger partial charge in [-0.15, -0.1) is 18.0 Å². The van der Waals surface area contributed by atoms with Crippen LogP contribution in [0.5, 0.6) is 0 Å². The SMILES string of the molecule is C#C/C(F)=C\C(=C/CCl)C1=NC2(CCC(C(C)C)CC2)N(C(CCC(C)C)c2ccc(C(=O)NCCC(=O)O)cc2)C1=O. The zero-order valence-corrected chi connectivity index (χ0v) is 26.3. The van der Waals surface area contributed by atoms with Gasteiger partial charge in [0.15, 0.2) is 5.83 Å². The van der Waals surface area contributed by atoms with Gasteiger partial charge in [0.25, 0.3) is 11.8 Å². The van der Waals surface area contributed by atoms with E-state index in [0.29, 0.717) is 42.6 Å². The predicted molar refractivity (Wildman–Crippen MR) is 168 cm³/mol. The Hall–Kier alpha value is -3.44. The average molecular weight is 612 g/mol. The van der Waals surface area contributed by atoms with Gasteiger partial charge in [-0.25, -0.2) is 0 Å². The van der Waals surface area contributed by atoms with Crippen LogP contribution in [-0.4, -0.2) is 51.6 Å². The fourth-order valence-electron chi connectivity index (χ4n) is 6.02. The predicted octanol–water partition coefficient (Wildman–Crippen LogP) is 6.85. The first-order chi connectivity index (χ1) is 20.4. The molecule has 7 nitrogen and oxygen atoms in total. The molecule has 1 aromatic rings. The van der Waals surface area contributed by atoms with Crippen LogP contribution in [0.1, 0.15) is 94.6 Å². The maximum atomic E-state index is 14.4. The number of carboxylic acids is 1. The van der Waals surface area contributed by atoms with Crippen LogP contribution in [0.3, 0.4) is 0 Å². The summed E-state index contributed by atoms with van der Waals surface area (Å²) in [5, 5.41) is 11.5. The van der Waals surface area contributed by atoms with Gasteiger partial charge in [0, 0.05) is 23.6 Å². The van der Waals surface area contributed by atoms with Crippen LogP contribution >= 0.6 is 11.6 Å². The number of rotatable bonds is 13. The number of carboxylic acid groups (broad SMARTS) is 1. The highest BCUT2D eigenvalue weighted by molar-refractivity contribution is 6.47.